The third-order valence-electron chi connectivity index (χ3n) is 4.28. The summed E-state index contributed by atoms with van der Waals surface area (Å²) in [6, 6.07) is 7.88. The molecule has 0 aliphatic heterocycles. The lowest BCUT2D eigenvalue weighted by Crippen LogP contribution is -2.14. The highest BCUT2D eigenvalue weighted by Crippen LogP contribution is 2.26. The molecule has 0 aliphatic carbocycles. The van der Waals surface area contributed by atoms with Gasteiger partial charge in [0.2, 0.25) is 5.91 Å². The van der Waals surface area contributed by atoms with Gasteiger partial charge in [0, 0.05) is 12.1 Å². The second-order valence-corrected chi connectivity index (χ2v) is 6.26. The van der Waals surface area contributed by atoms with Gasteiger partial charge in [-0.1, -0.05) is 6.07 Å². The number of aromatic nitrogens is 2. The number of hydrogen-bond donors (Lipinski definition) is 1. The predicted molar refractivity (Wildman–Crippen MR) is 101 cm³/mol. The second kappa shape index (κ2) is 9.04. The zero-order chi connectivity index (χ0) is 19.1. The minimum Gasteiger partial charge on any atom is -0.492 e. The average molecular weight is 354 g/mol. The first kappa shape index (κ1) is 19.5. The Labute approximate surface area is 154 Å². The zero-order valence-electron chi connectivity index (χ0n) is 15.9. The van der Waals surface area contributed by atoms with Crippen molar-refractivity contribution in [2.24, 2.45) is 0 Å². The molecule has 138 valence electrons. The first-order valence-corrected chi connectivity index (χ1v) is 8.89. The molecule has 0 fully saturated rings. The summed E-state index contributed by atoms with van der Waals surface area (Å²) in [6.07, 6.45) is 1.41. The van der Waals surface area contributed by atoms with Gasteiger partial charge in [-0.15, -0.1) is 0 Å². The van der Waals surface area contributed by atoms with Gasteiger partial charge in [-0.2, -0.15) is 10.4 Å². The van der Waals surface area contributed by atoms with E-state index in [1.165, 1.54) is 0 Å². The highest BCUT2D eigenvalue weighted by Gasteiger charge is 2.14. The number of anilines is 1. The van der Waals surface area contributed by atoms with E-state index in [4.69, 9.17) is 10.00 Å². The van der Waals surface area contributed by atoms with Gasteiger partial charge in [-0.05, 0) is 57.4 Å². The molecule has 1 heterocycles. The first-order chi connectivity index (χ1) is 12.5. The van der Waals surface area contributed by atoms with Gasteiger partial charge >= 0.3 is 0 Å². The van der Waals surface area contributed by atoms with Crippen LogP contribution in [0.3, 0.4) is 0 Å². The number of rotatable bonds is 8. The van der Waals surface area contributed by atoms with Crippen LogP contribution in [0.15, 0.2) is 18.2 Å². The fourth-order valence-electron chi connectivity index (χ4n) is 2.93. The molecule has 2 aromatic rings. The molecule has 6 heteroatoms. The number of nitrogens with zero attached hydrogens (tertiary/aromatic N) is 3. The lowest BCUT2D eigenvalue weighted by Gasteiger charge is -2.12. The van der Waals surface area contributed by atoms with Gasteiger partial charge in [0.1, 0.15) is 5.75 Å². The highest BCUT2D eigenvalue weighted by atomic mass is 16.5. The molecule has 1 N–H and O–H groups in total. The van der Waals surface area contributed by atoms with Crippen LogP contribution in [0.4, 0.5) is 5.69 Å². The normalized spacial score (nSPS) is 10.4. The van der Waals surface area contributed by atoms with Crippen molar-refractivity contribution in [1.29, 1.82) is 5.26 Å². The quantitative estimate of drug-likeness (QED) is 0.784. The number of amides is 1. The van der Waals surface area contributed by atoms with Crippen LogP contribution in [0.2, 0.25) is 0 Å². The molecule has 0 radical (unpaired) electrons. The summed E-state index contributed by atoms with van der Waals surface area (Å²) in [5.74, 6) is 0.635. The lowest BCUT2D eigenvalue weighted by molar-refractivity contribution is -0.116. The van der Waals surface area contributed by atoms with Crippen LogP contribution in [0.25, 0.3) is 0 Å². The molecule has 0 saturated heterocycles. The van der Waals surface area contributed by atoms with Gasteiger partial charge in [-0.3, -0.25) is 9.48 Å². The minimum atomic E-state index is -0.0571. The summed E-state index contributed by atoms with van der Waals surface area (Å²) in [4.78, 5) is 12.4. The maximum absolute atomic E-state index is 12.4. The molecule has 0 spiro atoms. The van der Waals surface area contributed by atoms with Crippen LogP contribution in [0, 0.1) is 32.1 Å². The third-order valence-corrected chi connectivity index (χ3v) is 4.28. The number of carbonyl (C=O) groups is 1. The van der Waals surface area contributed by atoms with E-state index in [1.807, 2.05) is 50.6 Å². The molecule has 1 amide bonds. The van der Waals surface area contributed by atoms with Crippen LogP contribution in [-0.4, -0.2) is 22.3 Å². The Morgan fingerprint density at radius 3 is 2.81 bits per heavy atom. The SMILES string of the molecule is CCOc1cc(C)ccc1NC(=O)CCc1c(C)nn(CCC#N)c1C. The van der Waals surface area contributed by atoms with Gasteiger partial charge < -0.3 is 10.1 Å². The molecular formula is C20H26N4O2. The standard InChI is InChI=1S/C20H26N4O2/c1-5-26-19-13-14(2)7-9-18(19)22-20(25)10-8-17-15(3)23-24(16(17)4)12-6-11-21/h7,9,13H,5-6,8,10,12H2,1-4H3,(H,22,25). The van der Waals surface area contributed by atoms with Crippen molar-refractivity contribution in [3.05, 3.63) is 40.7 Å². The Balaban J connectivity index is 2.02. The number of benzene rings is 1. The van der Waals surface area contributed by atoms with Crippen molar-refractivity contribution >= 4 is 11.6 Å². The summed E-state index contributed by atoms with van der Waals surface area (Å²) in [6.45, 7) is 8.96. The van der Waals surface area contributed by atoms with Crippen LogP contribution in [0.5, 0.6) is 5.75 Å². The maximum Gasteiger partial charge on any atom is 0.224 e. The molecular weight excluding hydrogens is 328 g/mol. The van der Waals surface area contributed by atoms with E-state index < -0.39 is 0 Å². The van der Waals surface area contributed by atoms with Crippen LogP contribution in [0.1, 0.15) is 42.3 Å². The Morgan fingerprint density at radius 1 is 1.35 bits per heavy atom. The molecule has 0 saturated carbocycles. The molecule has 1 aromatic heterocycles. The van der Waals surface area contributed by atoms with Crippen molar-refractivity contribution in [1.82, 2.24) is 9.78 Å². The van der Waals surface area contributed by atoms with E-state index in [0.29, 0.717) is 43.9 Å². The molecule has 26 heavy (non-hydrogen) atoms. The Morgan fingerprint density at radius 2 is 2.12 bits per heavy atom. The van der Waals surface area contributed by atoms with Crippen molar-refractivity contribution in [3.8, 4) is 11.8 Å². The van der Waals surface area contributed by atoms with Gasteiger partial charge in [-0.25, -0.2) is 0 Å². The van der Waals surface area contributed by atoms with E-state index in [2.05, 4.69) is 16.5 Å². The third kappa shape index (κ3) is 4.85. The fraction of sp³-hybridized carbons (Fsp3) is 0.450. The summed E-state index contributed by atoms with van der Waals surface area (Å²) in [5.41, 5.74) is 4.80. The number of hydrogen-bond acceptors (Lipinski definition) is 4. The first-order valence-electron chi connectivity index (χ1n) is 8.89. The number of nitriles is 1. The Bertz CT molecular complexity index is 818. The van der Waals surface area contributed by atoms with Crippen molar-refractivity contribution < 1.29 is 9.53 Å². The largest absolute Gasteiger partial charge is 0.492 e. The average Bonchev–Trinajstić information content (AvgIpc) is 2.87. The van der Waals surface area contributed by atoms with Crippen molar-refractivity contribution in [2.75, 3.05) is 11.9 Å². The fourth-order valence-corrected chi connectivity index (χ4v) is 2.93. The minimum absolute atomic E-state index is 0.0571. The summed E-state index contributed by atoms with van der Waals surface area (Å²) in [7, 11) is 0. The van der Waals surface area contributed by atoms with E-state index >= 15 is 0 Å². The Kier molecular flexibility index (Phi) is 6.79. The van der Waals surface area contributed by atoms with E-state index in [1.54, 1.807) is 0 Å². The zero-order valence-corrected chi connectivity index (χ0v) is 15.9. The number of nitrogens with one attached hydrogen (secondary N) is 1. The second-order valence-electron chi connectivity index (χ2n) is 6.26. The van der Waals surface area contributed by atoms with Crippen molar-refractivity contribution in [2.45, 2.75) is 53.5 Å². The molecule has 0 atom stereocenters. The summed E-state index contributed by atoms with van der Waals surface area (Å²) >= 11 is 0. The molecule has 0 bridgehead atoms. The molecule has 2 rings (SSSR count). The van der Waals surface area contributed by atoms with Gasteiger partial charge in [0.15, 0.2) is 0 Å². The van der Waals surface area contributed by atoms with E-state index in [0.717, 1.165) is 22.5 Å². The lowest BCUT2D eigenvalue weighted by atomic mass is 10.1. The van der Waals surface area contributed by atoms with Gasteiger partial charge in [0.25, 0.3) is 0 Å². The number of aryl methyl sites for hydroxylation is 3. The maximum atomic E-state index is 12.4. The number of ether oxygens (including phenoxy) is 1. The summed E-state index contributed by atoms with van der Waals surface area (Å²) in [5, 5.41) is 16.1. The molecule has 6 nitrogen and oxygen atoms in total. The van der Waals surface area contributed by atoms with Crippen molar-refractivity contribution in [3.63, 3.8) is 0 Å². The van der Waals surface area contributed by atoms with E-state index in [9.17, 15) is 4.79 Å². The van der Waals surface area contributed by atoms with E-state index in [-0.39, 0.29) is 5.91 Å². The monoisotopic (exact) mass is 354 g/mol. The molecule has 0 aliphatic rings. The van der Waals surface area contributed by atoms with Crippen LogP contribution >= 0.6 is 0 Å². The Hall–Kier alpha value is -2.81. The molecule has 0 unspecified atom stereocenters. The predicted octanol–water partition coefficient (Wildman–Crippen LogP) is 3.69. The van der Waals surface area contributed by atoms with Crippen LogP contribution in [-0.2, 0) is 17.8 Å². The highest BCUT2D eigenvalue weighted by molar-refractivity contribution is 5.92. The smallest absolute Gasteiger partial charge is 0.224 e. The summed E-state index contributed by atoms with van der Waals surface area (Å²) < 4.78 is 7.45. The number of carbonyl (C=O) groups excluding carboxylic acids is 1. The topological polar surface area (TPSA) is 79.9 Å². The molecule has 1 aromatic carbocycles. The van der Waals surface area contributed by atoms with Crippen LogP contribution < -0.4 is 10.1 Å². The van der Waals surface area contributed by atoms with Gasteiger partial charge in [0.05, 0.1) is 37.0 Å².